The summed E-state index contributed by atoms with van der Waals surface area (Å²) in [5, 5.41) is 17.7. The molecular weight excluding hydrogens is 168 g/mol. The van der Waals surface area contributed by atoms with Crippen LogP contribution in [0, 0.1) is 5.41 Å². The maximum atomic E-state index is 10.5. The third-order valence-corrected chi connectivity index (χ3v) is 2.47. The van der Waals surface area contributed by atoms with E-state index in [1.54, 1.807) is 13.0 Å². The third-order valence-electron chi connectivity index (χ3n) is 2.47. The van der Waals surface area contributed by atoms with Crippen LogP contribution < -0.4 is 0 Å². The lowest BCUT2D eigenvalue weighted by Crippen LogP contribution is -2.19. The predicted octanol–water partition coefficient (Wildman–Crippen LogP) is 1.82. The Hall–Kier alpha value is -0.830. The van der Waals surface area contributed by atoms with Crippen molar-refractivity contribution in [2.45, 2.75) is 33.6 Å². The van der Waals surface area contributed by atoms with Gasteiger partial charge in [-0.25, -0.2) is 4.79 Å². The highest BCUT2D eigenvalue weighted by molar-refractivity contribution is 5.85. The number of aliphatic hydroxyl groups is 1. The van der Waals surface area contributed by atoms with Crippen molar-refractivity contribution in [3.05, 3.63) is 11.6 Å². The Bertz CT molecular complexity index is 202. The van der Waals surface area contributed by atoms with E-state index in [-0.39, 0.29) is 12.0 Å². The van der Waals surface area contributed by atoms with Gasteiger partial charge in [0.15, 0.2) is 0 Å². The summed E-state index contributed by atoms with van der Waals surface area (Å²) >= 11 is 0. The standard InChI is InChI=1S/C10H18O3/c1-4-10(3,7-11)6-5-8(2)9(12)13/h5,11H,4,6-7H2,1-3H3,(H,12,13). The molecule has 3 heteroatoms. The van der Waals surface area contributed by atoms with Crippen LogP contribution in [0.5, 0.6) is 0 Å². The quantitative estimate of drug-likeness (QED) is 0.644. The number of carboxylic acid groups (broad SMARTS) is 1. The van der Waals surface area contributed by atoms with Gasteiger partial charge in [0.25, 0.3) is 0 Å². The first-order chi connectivity index (χ1) is 5.95. The van der Waals surface area contributed by atoms with E-state index in [0.29, 0.717) is 12.0 Å². The molecule has 0 aromatic heterocycles. The molecule has 0 amide bonds. The molecule has 1 atom stereocenters. The molecule has 0 radical (unpaired) electrons. The van der Waals surface area contributed by atoms with Gasteiger partial charge in [-0.15, -0.1) is 0 Å². The van der Waals surface area contributed by atoms with Gasteiger partial charge in [-0.2, -0.15) is 0 Å². The van der Waals surface area contributed by atoms with Crippen molar-refractivity contribution in [2.75, 3.05) is 6.61 Å². The van der Waals surface area contributed by atoms with Crippen molar-refractivity contribution in [3.63, 3.8) is 0 Å². The number of hydrogen-bond acceptors (Lipinski definition) is 2. The predicted molar refractivity (Wildman–Crippen MR) is 51.5 cm³/mol. The van der Waals surface area contributed by atoms with Gasteiger partial charge in [0.05, 0.1) is 0 Å². The highest BCUT2D eigenvalue weighted by atomic mass is 16.4. The summed E-state index contributed by atoms with van der Waals surface area (Å²) in [6.07, 6.45) is 3.12. The van der Waals surface area contributed by atoms with Gasteiger partial charge in [-0.3, -0.25) is 0 Å². The van der Waals surface area contributed by atoms with Gasteiger partial charge >= 0.3 is 5.97 Å². The van der Waals surface area contributed by atoms with Gasteiger partial charge in [0.1, 0.15) is 0 Å². The van der Waals surface area contributed by atoms with E-state index in [0.717, 1.165) is 6.42 Å². The summed E-state index contributed by atoms with van der Waals surface area (Å²) in [5.74, 6) is -0.892. The Balaban J connectivity index is 4.28. The Morgan fingerprint density at radius 2 is 2.08 bits per heavy atom. The Kier molecular flexibility index (Phi) is 4.70. The number of carbonyl (C=O) groups is 1. The summed E-state index contributed by atoms with van der Waals surface area (Å²) in [5.41, 5.74) is 0.157. The number of carboxylic acids is 1. The molecule has 0 rings (SSSR count). The van der Waals surface area contributed by atoms with Crippen LogP contribution in [0.15, 0.2) is 11.6 Å². The molecule has 0 saturated heterocycles. The van der Waals surface area contributed by atoms with Crippen LogP contribution in [0.1, 0.15) is 33.6 Å². The van der Waals surface area contributed by atoms with Crippen LogP contribution in [0.2, 0.25) is 0 Å². The molecule has 76 valence electrons. The van der Waals surface area contributed by atoms with Gasteiger partial charge in [0, 0.05) is 12.2 Å². The lowest BCUT2D eigenvalue weighted by atomic mass is 9.84. The minimum absolute atomic E-state index is 0.0902. The van der Waals surface area contributed by atoms with Crippen LogP contribution >= 0.6 is 0 Å². The number of aliphatic hydroxyl groups excluding tert-OH is 1. The van der Waals surface area contributed by atoms with E-state index >= 15 is 0 Å². The second kappa shape index (κ2) is 5.02. The minimum Gasteiger partial charge on any atom is -0.478 e. The van der Waals surface area contributed by atoms with E-state index in [4.69, 9.17) is 10.2 Å². The van der Waals surface area contributed by atoms with Crippen molar-refractivity contribution >= 4 is 5.97 Å². The van der Waals surface area contributed by atoms with Crippen molar-refractivity contribution in [2.24, 2.45) is 5.41 Å². The van der Waals surface area contributed by atoms with Crippen LogP contribution in [0.3, 0.4) is 0 Å². The highest BCUT2D eigenvalue weighted by Gasteiger charge is 2.19. The van der Waals surface area contributed by atoms with Gasteiger partial charge in [-0.05, 0) is 25.2 Å². The van der Waals surface area contributed by atoms with Gasteiger partial charge in [0.2, 0.25) is 0 Å². The fourth-order valence-electron chi connectivity index (χ4n) is 0.807. The average molecular weight is 186 g/mol. The molecule has 0 heterocycles. The number of hydrogen-bond donors (Lipinski definition) is 2. The Morgan fingerprint density at radius 3 is 2.38 bits per heavy atom. The molecule has 0 aliphatic rings. The molecule has 0 fully saturated rings. The van der Waals surface area contributed by atoms with Crippen molar-refractivity contribution < 1.29 is 15.0 Å². The Morgan fingerprint density at radius 1 is 1.54 bits per heavy atom. The SMILES string of the molecule is CCC(C)(CO)CC=C(C)C(=O)O. The fourth-order valence-corrected chi connectivity index (χ4v) is 0.807. The lowest BCUT2D eigenvalue weighted by Gasteiger charge is -2.23. The number of rotatable bonds is 5. The number of aliphatic carboxylic acids is 1. The van der Waals surface area contributed by atoms with Crippen LogP contribution in [-0.2, 0) is 4.79 Å². The molecular formula is C10H18O3. The molecule has 1 unspecified atom stereocenters. The molecule has 0 saturated carbocycles. The van der Waals surface area contributed by atoms with E-state index in [9.17, 15) is 4.79 Å². The molecule has 0 aromatic rings. The summed E-state index contributed by atoms with van der Waals surface area (Å²) < 4.78 is 0. The smallest absolute Gasteiger partial charge is 0.330 e. The van der Waals surface area contributed by atoms with Crippen molar-refractivity contribution in [1.29, 1.82) is 0 Å². The van der Waals surface area contributed by atoms with Crippen molar-refractivity contribution in [1.82, 2.24) is 0 Å². The zero-order valence-electron chi connectivity index (χ0n) is 8.50. The number of allylic oxidation sites excluding steroid dienone is 1. The summed E-state index contributed by atoms with van der Waals surface area (Å²) in [4.78, 5) is 10.5. The largest absolute Gasteiger partial charge is 0.478 e. The molecule has 13 heavy (non-hydrogen) atoms. The van der Waals surface area contributed by atoms with E-state index in [1.807, 2.05) is 13.8 Å². The first-order valence-corrected chi connectivity index (χ1v) is 4.46. The molecule has 2 N–H and O–H groups in total. The van der Waals surface area contributed by atoms with Crippen LogP contribution in [0.25, 0.3) is 0 Å². The van der Waals surface area contributed by atoms with Crippen LogP contribution in [-0.4, -0.2) is 22.8 Å². The van der Waals surface area contributed by atoms with Crippen molar-refractivity contribution in [3.8, 4) is 0 Å². The maximum absolute atomic E-state index is 10.5. The molecule has 0 aromatic carbocycles. The second-order valence-corrected chi connectivity index (χ2v) is 3.72. The molecule has 0 spiro atoms. The molecule has 3 nitrogen and oxygen atoms in total. The van der Waals surface area contributed by atoms with E-state index < -0.39 is 5.97 Å². The highest BCUT2D eigenvalue weighted by Crippen LogP contribution is 2.25. The Labute approximate surface area is 79.1 Å². The van der Waals surface area contributed by atoms with Crippen LogP contribution in [0.4, 0.5) is 0 Å². The first kappa shape index (κ1) is 12.2. The maximum Gasteiger partial charge on any atom is 0.330 e. The minimum atomic E-state index is -0.892. The monoisotopic (exact) mass is 186 g/mol. The zero-order chi connectivity index (χ0) is 10.5. The third kappa shape index (κ3) is 4.08. The van der Waals surface area contributed by atoms with E-state index in [1.165, 1.54) is 0 Å². The molecule has 0 bridgehead atoms. The fraction of sp³-hybridized carbons (Fsp3) is 0.700. The molecule has 0 aliphatic heterocycles. The molecule has 0 aliphatic carbocycles. The normalized spacial score (nSPS) is 16.8. The average Bonchev–Trinajstić information content (AvgIpc) is 2.13. The van der Waals surface area contributed by atoms with Gasteiger partial charge in [-0.1, -0.05) is 19.9 Å². The topological polar surface area (TPSA) is 57.5 Å². The van der Waals surface area contributed by atoms with E-state index in [2.05, 4.69) is 0 Å². The second-order valence-electron chi connectivity index (χ2n) is 3.72. The first-order valence-electron chi connectivity index (χ1n) is 4.46. The summed E-state index contributed by atoms with van der Waals surface area (Å²) in [6.45, 7) is 5.58. The summed E-state index contributed by atoms with van der Waals surface area (Å²) in [6, 6.07) is 0. The lowest BCUT2D eigenvalue weighted by molar-refractivity contribution is -0.132. The summed E-state index contributed by atoms with van der Waals surface area (Å²) in [7, 11) is 0. The van der Waals surface area contributed by atoms with Gasteiger partial charge < -0.3 is 10.2 Å². The zero-order valence-corrected chi connectivity index (χ0v) is 8.50.